The molecule has 0 bridgehead atoms. The number of carbonyl (C=O) groups is 3. The molecule has 0 fully saturated rings. The van der Waals surface area contributed by atoms with Crippen LogP contribution in [0.3, 0.4) is 0 Å². The van der Waals surface area contributed by atoms with E-state index in [0.29, 0.717) is 15.6 Å². The van der Waals surface area contributed by atoms with Crippen LogP contribution in [0.25, 0.3) is 10.1 Å². The van der Waals surface area contributed by atoms with E-state index >= 15 is 0 Å². The number of benzene rings is 2. The van der Waals surface area contributed by atoms with Crippen LogP contribution in [0.4, 0.5) is 5.69 Å². The summed E-state index contributed by atoms with van der Waals surface area (Å²) in [6.07, 6.45) is 0. The second-order valence-electron chi connectivity index (χ2n) is 6.43. The molecule has 0 spiro atoms. The van der Waals surface area contributed by atoms with Crippen LogP contribution < -0.4 is 10.6 Å². The second kappa shape index (κ2) is 9.07. The predicted molar refractivity (Wildman–Crippen MR) is 115 cm³/mol. The number of nitrogens with one attached hydrogen (secondary N) is 2. The summed E-state index contributed by atoms with van der Waals surface area (Å²) < 4.78 is 5.79. The van der Waals surface area contributed by atoms with Gasteiger partial charge in [-0.1, -0.05) is 35.9 Å². The van der Waals surface area contributed by atoms with Gasteiger partial charge in [-0.25, -0.2) is 0 Å². The van der Waals surface area contributed by atoms with Crippen LogP contribution in [-0.4, -0.2) is 30.9 Å². The van der Waals surface area contributed by atoms with Gasteiger partial charge in [-0.15, -0.1) is 11.3 Å². The van der Waals surface area contributed by atoms with Gasteiger partial charge in [-0.2, -0.15) is 0 Å². The van der Waals surface area contributed by atoms with Gasteiger partial charge in [-0.3, -0.25) is 14.4 Å². The van der Waals surface area contributed by atoms with Gasteiger partial charge in [-0.05, 0) is 43.2 Å². The van der Waals surface area contributed by atoms with E-state index in [4.69, 9.17) is 16.3 Å². The fraction of sp³-hybridized carbons (Fsp3) is 0.190. The summed E-state index contributed by atoms with van der Waals surface area (Å²) in [5.74, 6) is -1.64. The van der Waals surface area contributed by atoms with E-state index in [9.17, 15) is 14.4 Å². The Balaban J connectivity index is 1.47. The van der Waals surface area contributed by atoms with Crippen LogP contribution in [0.2, 0.25) is 5.02 Å². The van der Waals surface area contributed by atoms with Crippen molar-refractivity contribution in [3.63, 3.8) is 0 Å². The third-order valence-electron chi connectivity index (χ3n) is 4.29. The molecule has 0 aliphatic heterocycles. The zero-order valence-electron chi connectivity index (χ0n) is 15.9. The molecule has 2 aromatic carbocycles. The maximum absolute atomic E-state index is 12.3. The van der Waals surface area contributed by atoms with Crippen molar-refractivity contribution in [3.05, 3.63) is 63.5 Å². The van der Waals surface area contributed by atoms with Gasteiger partial charge >= 0.3 is 5.97 Å². The Hall–Kier alpha value is -2.90. The highest BCUT2D eigenvalue weighted by Gasteiger charge is 2.18. The van der Waals surface area contributed by atoms with Crippen molar-refractivity contribution in [3.8, 4) is 0 Å². The molecule has 0 radical (unpaired) electrons. The normalized spacial score (nSPS) is 10.6. The number of rotatable bonds is 6. The van der Waals surface area contributed by atoms with Crippen LogP contribution in [0.5, 0.6) is 0 Å². The highest BCUT2D eigenvalue weighted by molar-refractivity contribution is 7.21. The molecular weight excluding hydrogens is 412 g/mol. The first-order valence-electron chi connectivity index (χ1n) is 8.83. The number of anilines is 1. The van der Waals surface area contributed by atoms with Crippen LogP contribution in [0.15, 0.2) is 42.5 Å². The van der Waals surface area contributed by atoms with E-state index in [1.54, 1.807) is 6.07 Å². The molecule has 29 heavy (non-hydrogen) atoms. The van der Waals surface area contributed by atoms with Crippen molar-refractivity contribution in [2.24, 2.45) is 0 Å². The molecule has 150 valence electrons. The summed E-state index contributed by atoms with van der Waals surface area (Å²) in [5, 5.41) is 6.27. The highest BCUT2D eigenvalue weighted by atomic mass is 35.5. The second-order valence-corrected chi connectivity index (χ2v) is 7.86. The van der Waals surface area contributed by atoms with Crippen LogP contribution >= 0.6 is 22.9 Å². The largest absolute Gasteiger partial charge is 0.454 e. The topological polar surface area (TPSA) is 84.5 Å². The van der Waals surface area contributed by atoms with Gasteiger partial charge in [0.25, 0.3) is 11.8 Å². The van der Waals surface area contributed by atoms with E-state index < -0.39 is 24.4 Å². The summed E-state index contributed by atoms with van der Waals surface area (Å²) in [5.41, 5.74) is 2.79. The number of aryl methyl sites for hydroxylation is 2. The zero-order chi connectivity index (χ0) is 21.0. The minimum atomic E-state index is -0.717. The number of fused-ring (bicyclic) bond motifs is 1. The van der Waals surface area contributed by atoms with Gasteiger partial charge < -0.3 is 15.4 Å². The first kappa shape index (κ1) is 20.8. The quantitative estimate of drug-likeness (QED) is 0.577. The van der Waals surface area contributed by atoms with Crippen LogP contribution in [0.1, 0.15) is 20.8 Å². The molecule has 1 aromatic heterocycles. The number of thiophene rings is 1. The Morgan fingerprint density at radius 3 is 2.55 bits per heavy atom. The predicted octanol–water partition coefficient (Wildman–Crippen LogP) is 4.08. The van der Waals surface area contributed by atoms with Crippen molar-refractivity contribution in [1.82, 2.24) is 5.32 Å². The summed E-state index contributed by atoms with van der Waals surface area (Å²) in [6.45, 7) is 3.12. The Labute approximate surface area is 176 Å². The minimum Gasteiger partial charge on any atom is -0.454 e. The maximum atomic E-state index is 12.3. The molecule has 0 aliphatic rings. The average molecular weight is 431 g/mol. The molecule has 8 heteroatoms. The Morgan fingerprint density at radius 1 is 1.07 bits per heavy atom. The number of hydrogen-bond donors (Lipinski definition) is 2. The van der Waals surface area contributed by atoms with Crippen LogP contribution in [-0.2, 0) is 14.3 Å². The number of esters is 1. The first-order valence-corrected chi connectivity index (χ1v) is 10.0. The fourth-order valence-electron chi connectivity index (χ4n) is 2.61. The van der Waals surface area contributed by atoms with Gasteiger partial charge in [0.1, 0.15) is 11.4 Å². The van der Waals surface area contributed by atoms with Crippen molar-refractivity contribution < 1.29 is 19.1 Å². The molecule has 3 rings (SSSR count). The minimum absolute atomic E-state index is 0.327. The summed E-state index contributed by atoms with van der Waals surface area (Å²) >= 11 is 7.49. The molecule has 0 unspecified atom stereocenters. The summed E-state index contributed by atoms with van der Waals surface area (Å²) in [4.78, 5) is 36.4. The lowest BCUT2D eigenvalue weighted by atomic mass is 10.1. The third kappa shape index (κ3) is 5.13. The maximum Gasteiger partial charge on any atom is 0.325 e. The van der Waals surface area contributed by atoms with Gasteiger partial charge in [0.05, 0.1) is 5.02 Å². The molecule has 2 amide bonds. The molecule has 3 aromatic rings. The number of carbonyl (C=O) groups excluding carboxylic acids is 3. The Kier molecular flexibility index (Phi) is 6.51. The van der Waals surface area contributed by atoms with E-state index in [2.05, 4.69) is 10.6 Å². The van der Waals surface area contributed by atoms with Crippen molar-refractivity contribution >= 4 is 56.5 Å². The molecule has 0 saturated heterocycles. The lowest BCUT2D eigenvalue weighted by molar-refractivity contribution is -0.146. The molecule has 2 N–H and O–H groups in total. The number of amides is 2. The van der Waals surface area contributed by atoms with E-state index in [1.807, 2.05) is 50.2 Å². The van der Waals surface area contributed by atoms with Gasteiger partial charge in [0.15, 0.2) is 6.61 Å². The van der Waals surface area contributed by atoms with Crippen molar-refractivity contribution in [2.45, 2.75) is 13.8 Å². The van der Waals surface area contributed by atoms with E-state index in [1.165, 1.54) is 11.3 Å². The Bertz CT molecular complexity index is 1090. The van der Waals surface area contributed by atoms with Gasteiger partial charge in [0, 0.05) is 15.8 Å². The molecule has 6 nitrogen and oxygen atoms in total. The zero-order valence-corrected chi connectivity index (χ0v) is 17.4. The summed E-state index contributed by atoms with van der Waals surface area (Å²) in [6, 6.07) is 12.9. The standard InChI is InChI=1S/C21H19ClN2O4S/c1-12-7-8-14(9-13(12)2)24-17(25)11-28-18(26)10-23-21(27)20-19(22)15-5-3-4-6-16(15)29-20/h3-9H,10-11H2,1-2H3,(H,23,27)(H,24,25). The number of halogens is 1. The first-order chi connectivity index (χ1) is 13.8. The van der Waals surface area contributed by atoms with Crippen molar-refractivity contribution in [2.75, 3.05) is 18.5 Å². The highest BCUT2D eigenvalue weighted by Crippen LogP contribution is 2.34. The SMILES string of the molecule is Cc1ccc(NC(=O)COC(=O)CNC(=O)c2sc3ccccc3c2Cl)cc1C. The summed E-state index contributed by atoms with van der Waals surface area (Å²) in [7, 11) is 0. The fourth-order valence-corrected chi connectivity index (χ4v) is 4.04. The van der Waals surface area contributed by atoms with Gasteiger partial charge in [0.2, 0.25) is 0 Å². The monoisotopic (exact) mass is 430 g/mol. The average Bonchev–Trinajstić information content (AvgIpc) is 3.04. The molecule has 1 heterocycles. The van der Waals surface area contributed by atoms with E-state index in [-0.39, 0.29) is 6.54 Å². The number of hydrogen-bond acceptors (Lipinski definition) is 5. The lowest BCUT2D eigenvalue weighted by Crippen LogP contribution is -2.32. The molecule has 0 atom stereocenters. The number of ether oxygens (including phenoxy) is 1. The van der Waals surface area contributed by atoms with Crippen LogP contribution in [0, 0.1) is 13.8 Å². The smallest absolute Gasteiger partial charge is 0.325 e. The molecule has 0 aliphatic carbocycles. The molecule has 0 saturated carbocycles. The Morgan fingerprint density at radius 2 is 1.83 bits per heavy atom. The van der Waals surface area contributed by atoms with E-state index in [0.717, 1.165) is 21.2 Å². The third-order valence-corrected chi connectivity index (χ3v) is 5.96. The molecular formula is C21H19ClN2O4S. The lowest BCUT2D eigenvalue weighted by Gasteiger charge is -2.09. The van der Waals surface area contributed by atoms with Crippen molar-refractivity contribution in [1.29, 1.82) is 0 Å².